The van der Waals surface area contributed by atoms with E-state index in [0.29, 0.717) is 0 Å². The van der Waals surface area contributed by atoms with Crippen molar-refractivity contribution >= 4 is 0 Å². The van der Waals surface area contributed by atoms with Crippen LogP contribution in [-0.2, 0) is 0 Å². The van der Waals surface area contributed by atoms with Gasteiger partial charge in [0.1, 0.15) is 0 Å². The number of hydrogen-bond donors (Lipinski definition) is 0. The van der Waals surface area contributed by atoms with Crippen molar-refractivity contribution in [3.8, 4) is 0 Å². The third kappa shape index (κ3) is 2.82. The maximum Gasteiger partial charge on any atom is 0.243 e. The molecule has 0 aliphatic carbocycles. The van der Waals surface area contributed by atoms with Crippen molar-refractivity contribution in [2.24, 2.45) is 0 Å². The van der Waals surface area contributed by atoms with Crippen LogP contribution in [-0.4, -0.2) is 28.1 Å². The highest BCUT2D eigenvalue weighted by Crippen LogP contribution is 2.21. The monoisotopic (exact) mass is 223 g/mol. The first kappa shape index (κ1) is 11.6. The summed E-state index contributed by atoms with van der Waals surface area (Å²) >= 11 is 0. The lowest BCUT2D eigenvalue weighted by atomic mass is 10.1. The van der Waals surface area contributed by atoms with E-state index in [9.17, 15) is 0 Å². The Bertz CT molecular complexity index is 316. The van der Waals surface area contributed by atoms with E-state index in [4.69, 9.17) is 4.52 Å². The van der Waals surface area contributed by atoms with Crippen molar-refractivity contribution in [2.75, 3.05) is 13.1 Å². The Morgan fingerprint density at radius 2 is 1.75 bits per heavy atom. The quantitative estimate of drug-likeness (QED) is 0.773. The Morgan fingerprint density at radius 3 is 2.31 bits per heavy atom. The van der Waals surface area contributed by atoms with Crippen LogP contribution < -0.4 is 0 Å². The summed E-state index contributed by atoms with van der Waals surface area (Å²) in [6.45, 7) is 6.34. The molecule has 16 heavy (non-hydrogen) atoms. The molecule has 0 aromatic carbocycles. The smallest absolute Gasteiger partial charge is 0.243 e. The van der Waals surface area contributed by atoms with Crippen LogP contribution in [0.15, 0.2) is 4.52 Å². The van der Waals surface area contributed by atoms with Gasteiger partial charge in [-0.3, -0.25) is 4.90 Å². The fourth-order valence-corrected chi connectivity index (χ4v) is 2.30. The molecule has 1 aliphatic rings. The molecule has 0 amide bonds. The third-order valence-corrected chi connectivity index (χ3v) is 3.34. The molecule has 0 bridgehead atoms. The van der Waals surface area contributed by atoms with Gasteiger partial charge in [-0.15, -0.1) is 0 Å². The molecule has 1 fully saturated rings. The van der Waals surface area contributed by atoms with Crippen molar-refractivity contribution in [1.82, 2.24) is 15.0 Å². The van der Waals surface area contributed by atoms with Crippen molar-refractivity contribution in [1.29, 1.82) is 0 Å². The summed E-state index contributed by atoms with van der Waals surface area (Å²) in [5.41, 5.74) is 0. The molecule has 1 aromatic rings. The van der Waals surface area contributed by atoms with Crippen molar-refractivity contribution in [3.63, 3.8) is 0 Å². The fraction of sp³-hybridized carbons (Fsp3) is 0.833. The molecule has 0 saturated carbocycles. The van der Waals surface area contributed by atoms with E-state index in [2.05, 4.69) is 22.0 Å². The Hall–Kier alpha value is -0.900. The number of aromatic nitrogens is 2. The molecule has 2 heterocycles. The number of rotatable bonds is 2. The van der Waals surface area contributed by atoms with Crippen LogP contribution in [0.25, 0.3) is 0 Å². The van der Waals surface area contributed by atoms with E-state index in [1.165, 1.54) is 32.1 Å². The van der Waals surface area contributed by atoms with Gasteiger partial charge in [0.25, 0.3) is 0 Å². The van der Waals surface area contributed by atoms with Gasteiger partial charge in [0, 0.05) is 0 Å². The average Bonchev–Trinajstić information content (AvgIpc) is 2.63. The molecule has 1 aromatic heterocycles. The average molecular weight is 223 g/mol. The van der Waals surface area contributed by atoms with Gasteiger partial charge in [0.2, 0.25) is 5.89 Å². The number of aryl methyl sites for hydroxylation is 1. The third-order valence-electron chi connectivity index (χ3n) is 3.34. The van der Waals surface area contributed by atoms with Gasteiger partial charge < -0.3 is 4.52 Å². The zero-order valence-corrected chi connectivity index (χ0v) is 10.3. The number of nitrogens with zero attached hydrogens (tertiary/aromatic N) is 3. The Balaban J connectivity index is 1.98. The van der Waals surface area contributed by atoms with E-state index >= 15 is 0 Å². The summed E-state index contributed by atoms with van der Waals surface area (Å²) in [5.74, 6) is 1.49. The maximum absolute atomic E-state index is 5.25. The highest BCUT2D eigenvalue weighted by molar-refractivity contribution is 4.90. The largest absolute Gasteiger partial charge is 0.338 e. The van der Waals surface area contributed by atoms with Crippen molar-refractivity contribution < 1.29 is 4.52 Å². The molecule has 90 valence electrons. The molecule has 1 atom stereocenters. The minimum Gasteiger partial charge on any atom is -0.338 e. The predicted molar refractivity (Wildman–Crippen MR) is 62.1 cm³/mol. The molecule has 0 N–H and O–H groups in total. The van der Waals surface area contributed by atoms with E-state index in [-0.39, 0.29) is 6.04 Å². The lowest BCUT2D eigenvalue weighted by molar-refractivity contribution is 0.159. The van der Waals surface area contributed by atoms with Gasteiger partial charge in [0.15, 0.2) is 5.82 Å². The Labute approximate surface area is 97.0 Å². The summed E-state index contributed by atoms with van der Waals surface area (Å²) in [7, 11) is 0. The maximum atomic E-state index is 5.25. The second-order valence-corrected chi connectivity index (χ2v) is 4.66. The van der Waals surface area contributed by atoms with E-state index in [1.807, 2.05) is 6.92 Å². The SMILES string of the molecule is Cc1noc([C@H](C)N2CCCCCCC2)n1. The first-order valence-corrected chi connectivity index (χ1v) is 6.31. The molecule has 4 nitrogen and oxygen atoms in total. The molecule has 0 radical (unpaired) electrons. The van der Waals surface area contributed by atoms with Crippen LogP contribution >= 0.6 is 0 Å². The van der Waals surface area contributed by atoms with Crippen LogP contribution in [0, 0.1) is 6.92 Å². The first-order valence-electron chi connectivity index (χ1n) is 6.31. The molecule has 0 spiro atoms. The Kier molecular flexibility index (Phi) is 3.93. The molecule has 1 saturated heterocycles. The Morgan fingerprint density at radius 1 is 1.12 bits per heavy atom. The van der Waals surface area contributed by atoms with E-state index in [0.717, 1.165) is 24.8 Å². The van der Waals surface area contributed by atoms with Gasteiger partial charge in [-0.1, -0.05) is 24.4 Å². The normalized spacial score (nSPS) is 21.4. The molecular weight excluding hydrogens is 202 g/mol. The van der Waals surface area contributed by atoms with Crippen LogP contribution in [0.2, 0.25) is 0 Å². The summed E-state index contributed by atoms with van der Waals surface area (Å²) in [5, 5.41) is 3.86. The van der Waals surface area contributed by atoms with Crippen LogP contribution in [0.4, 0.5) is 0 Å². The highest BCUT2D eigenvalue weighted by Gasteiger charge is 2.21. The van der Waals surface area contributed by atoms with Crippen molar-refractivity contribution in [3.05, 3.63) is 11.7 Å². The highest BCUT2D eigenvalue weighted by atomic mass is 16.5. The summed E-state index contributed by atoms with van der Waals surface area (Å²) in [4.78, 5) is 6.78. The zero-order valence-electron chi connectivity index (χ0n) is 10.3. The van der Waals surface area contributed by atoms with E-state index < -0.39 is 0 Å². The van der Waals surface area contributed by atoms with E-state index in [1.54, 1.807) is 0 Å². The molecule has 1 aliphatic heterocycles. The standard InChI is InChI=1S/C12H21N3O/c1-10(12-13-11(2)14-16-12)15-8-6-4-3-5-7-9-15/h10H,3-9H2,1-2H3/t10-/m0/s1. The van der Waals surface area contributed by atoms with Crippen molar-refractivity contribution in [2.45, 2.75) is 52.0 Å². The van der Waals surface area contributed by atoms with Crippen LogP contribution in [0.3, 0.4) is 0 Å². The lowest BCUT2D eigenvalue weighted by Gasteiger charge is -2.28. The van der Waals surface area contributed by atoms with Gasteiger partial charge in [-0.25, -0.2) is 0 Å². The topological polar surface area (TPSA) is 42.2 Å². The lowest BCUT2D eigenvalue weighted by Crippen LogP contribution is -2.30. The molecule has 2 rings (SSSR count). The minimum absolute atomic E-state index is 0.263. The summed E-state index contributed by atoms with van der Waals surface area (Å²) in [6.07, 6.45) is 6.68. The van der Waals surface area contributed by atoms with Crippen LogP contribution in [0.5, 0.6) is 0 Å². The fourth-order valence-electron chi connectivity index (χ4n) is 2.30. The van der Waals surface area contributed by atoms with Crippen LogP contribution in [0.1, 0.15) is 56.8 Å². The number of likely N-dealkylation sites (tertiary alicyclic amines) is 1. The van der Waals surface area contributed by atoms with Gasteiger partial charge >= 0.3 is 0 Å². The summed E-state index contributed by atoms with van der Waals surface area (Å²) < 4.78 is 5.25. The number of hydrogen-bond acceptors (Lipinski definition) is 4. The second-order valence-electron chi connectivity index (χ2n) is 4.66. The molecule has 0 unspecified atom stereocenters. The predicted octanol–water partition coefficient (Wildman–Crippen LogP) is 2.71. The minimum atomic E-state index is 0.263. The summed E-state index contributed by atoms with van der Waals surface area (Å²) in [6, 6.07) is 0.263. The molecular formula is C12H21N3O. The zero-order chi connectivity index (χ0) is 11.4. The molecule has 4 heteroatoms. The second kappa shape index (κ2) is 5.43. The first-order chi connectivity index (χ1) is 7.77. The van der Waals surface area contributed by atoms with Gasteiger partial charge in [-0.05, 0) is 39.8 Å². The van der Waals surface area contributed by atoms with Gasteiger partial charge in [0.05, 0.1) is 6.04 Å². The van der Waals surface area contributed by atoms with Gasteiger partial charge in [-0.2, -0.15) is 4.98 Å².